The van der Waals surface area contributed by atoms with Gasteiger partial charge in [-0.25, -0.2) is 12.8 Å². The molecule has 1 atom stereocenters. The molecular formula is C12H17BrFNO2S. The van der Waals surface area contributed by atoms with Gasteiger partial charge in [-0.2, -0.15) is 0 Å². The van der Waals surface area contributed by atoms with E-state index in [4.69, 9.17) is 0 Å². The van der Waals surface area contributed by atoms with E-state index < -0.39 is 9.84 Å². The maximum absolute atomic E-state index is 13.3. The fraction of sp³-hybridized carbons (Fsp3) is 0.500. The van der Waals surface area contributed by atoms with Crippen molar-refractivity contribution in [2.45, 2.75) is 19.4 Å². The van der Waals surface area contributed by atoms with Gasteiger partial charge in [-0.15, -0.1) is 0 Å². The first-order chi connectivity index (χ1) is 8.33. The van der Waals surface area contributed by atoms with E-state index in [9.17, 15) is 12.8 Å². The molecule has 0 radical (unpaired) electrons. The SMILES string of the molecule is CCNC(CCS(C)(=O)=O)c1cc(F)ccc1Br. The van der Waals surface area contributed by atoms with Gasteiger partial charge < -0.3 is 5.32 Å². The monoisotopic (exact) mass is 337 g/mol. The van der Waals surface area contributed by atoms with Crippen molar-refractivity contribution in [3.8, 4) is 0 Å². The Morgan fingerprint density at radius 3 is 2.67 bits per heavy atom. The zero-order valence-electron chi connectivity index (χ0n) is 10.4. The third-order valence-electron chi connectivity index (χ3n) is 2.56. The van der Waals surface area contributed by atoms with Crippen molar-refractivity contribution in [3.63, 3.8) is 0 Å². The van der Waals surface area contributed by atoms with Gasteiger partial charge in [0.1, 0.15) is 15.7 Å². The Bertz CT molecular complexity index is 505. The van der Waals surface area contributed by atoms with Crippen LogP contribution in [0.2, 0.25) is 0 Å². The Morgan fingerprint density at radius 1 is 1.44 bits per heavy atom. The number of rotatable bonds is 6. The van der Waals surface area contributed by atoms with Gasteiger partial charge in [-0.05, 0) is 36.7 Å². The molecule has 1 unspecified atom stereocenters. The van der Waals surface area contributed by atoms with E-state index in [1.165, 1.54) is 18.4 Å². The quantitative estimate of drug-likeness (QED) is 0.867. The van der Waals surface area contributed by atoms with Crippen LogP contribution in [0.5, 0.6) is 0 Å². The minimum absolute atomic E-state index is 0.0770. The van der Waals surface area contributed by atoms with Crippen molar-refractivity contribution >= 4 is 25.8 Å². The van der Waals surface area contributed by atoms with Crippen LogP contribution in [0.15, 0.2) is 22.7 Å². The molecule has 1 N–H and O–H groups in total. The van der Waals surface area contributed by atoms with E-state index in [1.54, 1.807) is 6.07 Å². The molecule has 0 saturated carbocycles. The van der Waals surface area contributed by atoms with Crippen LogP contribution < -0.4 is 5.32 Å². The molecule has 0 aliphatic carbocycles. The lowest BCUT2D eigenvalue weighted by molar-refractivity contribution is 0.523. The van der Waals surface area contributed by atoms with Gasteiger partial charge in [0.05, 0.1) is 5.75 Å². The van der Waals surface area contributed by atoms with E-state index in [1.807, 2.05) is 6.92 Å². The summed E-state index contributed by atoms with van der Waals surface area (Å²) in [5, 5.41) is 3.18. The molecule has 0 fully saturated rings. The zero-order chi connectivity index (χ0) is 13.8. The van der Waals surface area contributed by atoms with E-state index >= 15 is 0 Å². The Kier molecular flexibility index (Phi) is 5.75. The lowest BCUT2D eigenvalue weighted by Gasteiger charge is -2.19. The fourth-order valence-corrected chi connectivity index (χ4v) is 2.91. The second-order valence-corrected chi connectivity index (χ2v) is 7.31. The maximum Gasteiger partial charge on any atom is 0.147 e. The van der Waals surface area contributed by atoms with Gasteiger partial charge in [0.25, 0.3) is 0 Å². The molecule has 0 aliphatic heterocycles. The van der Waals surface area contributed by atoms with Crippen LogP contribution in [0, 0.1) is 5.82 Å². The molecule has 0 spiro atoms. The molecule has 102 valence electrons. The molecule has 0 aromatic heterocycles. The summed E-state index contributed by atoms with van der Waals surface area (Å²) in [5.74, 6) is -0.247. The van der Waals surface area contributed by atoms with E-state index in [-0.39, 0.29) is 17.6 Å². The smallest absolute Gasteiger partial charge is 0.147 e. The summed E-state index contributed by atoms with van der Waals surface area (Å²) in [6.07, 6.45) is 1.63. The number of sulfone groups is 1. The topological polar surface area (TPSA) is 46.2 Å². The average molecular weight is 338 g/mol. The van der Waals surface area contributed by atoms with Gasteiger partial charge in [0.15, 0.2) is 0 Å². The standard InChI is InChI=1S/C12H17BrFNO2S/c1-3-15-12(6-7-18(2,16)17)10-8-9(14)4-5-11(10)13/h4-5,8,12,15H,3,6-7H2,1-2H3. The number of halogens is 2. The lowest BCUT2D eigenvalue weighted by atomic mass is 10.0. The molecular weight excluding hydrogens is 321 g/mol. The summed E-state index contributed by atoms with van der Waals surface area (Å²) in [6.45, 7) is 2.62. The maximum atomic E-state index is 13.3. The highest BCUT2D eigenvalue weighted by Gasteiger charge is 2.16. The normalized spacial score (nSPS) is 13.6. The second-order valence-electron chi connectivity index (χ2n) is 4.19. The summed E-state index contributed by atoms with van der Waals surface area (Å²) in [5.41, 5.74) is 0.750. The van der Waals surface area contributed by atoms with E-state index in [0.717, 1.165) is 10.0 Å². The van der Waals surface area contributed by atoms with Crippen LogP contribution in [0.3, 0.4) is 0 Å². The molecule has 3 nitrogen and oxygen atoms in total. The molecule has 6 heteroatoms. The third kappa shape index (κ3) is 5.04. The first-order valence-corrected chi connectivity index (χ1v) is 8.55. The average Bonchev–Trinajstić information content (AvgIpc) is 2.26. The highest BCUT2D eigenvalue weighted by Crippen LogP contribution is 2.26. The van der Waals surface area contributed by atoms with E-state index in [0.29, 0.717) is 13.0 Å². The van der Waals surface area contributed by atoms with Crippen LogP contribution in [-0.2, 0) is 9.84 Å². The summed E-state index contributed by atoms with van der Waals surface area (Å²) in [7, 11) is -3.02. The van der Waals surface area contributed by atoms with Crippen LogP contribution in [-0.4, -0.2) is 27.0 Å². The molecule has 18 heavy (non-hydrogen) atoms. The van der Waals surface area contributed by atoms with Crippen LogP contribution in [0.4, 0.5) is 4.39 Å². The number of nitrogens with one attached hydrogen (secondary N) is 1. The molecule has 0 saturated heterocycles. The van der Waals surface area contributed by atoms with Crippen molar-refractivity contribution < 1.29 is 12.8 Å². The fourth-order valence-electron chi connectivity index (χ4n) is 1.73. The molecule has 1 aromatic carbocycles. The lowest BCUT2D eigenvalue weighted by Crippen LogP contribution is -2.24. The second kappa shape index (κ2) is 6.63. The summed E-state index contributed by atoms with van der Waals surface area (Å²) >= 11 is 3.37. The van der Waals surface area contributed by atoms with Crippen molar-refractivity contribution in [1.29, 1.82) is 0 Å². The largest absolute Gasteiger partial charge is 0.310 e. The van der Waals surface area contributed by atoms with Gasteiger partial charge in [0, 0.05) is 16.8 Å². The van der Waals surface area contributed by atoms with Gasteiger partial charge in [-0.3, -0.25) is 0 Å². The summed E-state index contributed by atoms with van der Waals surface area (Å²) < 4.78 is 36.5. The Balaban J connectivity index is 2.93. The van der Waals surface area contributed by atoms with Crippen molar-refractivity contribution in [2.24, 2.45) is 0 Å². The first-order valence-electron chi connectivity index (χ1n) is 5.69. The predicted molar refractivity (Wildman–Crippen MR) is 74.8 cm³/mol. The van der Waals surface area contributed by atoms with Crippen molar-refractivity contribution in [1.82, 2.24) is 5.32 Å². The number of hydrogen-bond donors (Lipinski definition) is 1. The minimum Gasteiger partial charge on any atom is -0.310 e. The van der Waals surface area contributed by atoms with Crippen LogP contribution >= 0.6 is 15.9 Å². The predicted octanol–water partition coefficient (Wildman–Crippen LogP) is 2.67. The molecule has 0 bridgehead atoms. The highest BCUT2D eigenvalue weighted by molar-refractivity contribution is 9.10. The number of benzene rings is 1. The summed E-state index contributed by atoms with van der Waals surface area (Å²) in [6, 6.07) is 4.26. The number of hydrogen-bond acceptors (Lipinski definition) is 3. The van der Waals surface area contributed by atoms with Gasteiger partial charge in [0.2, 0.25) is 0 Å². The van der Waals surface area contributed by atoms with Gasteiger partial charge >= 0.3 is 0 Å². The molecule has 0 heterocycles. The third-order valence-corrected chi connectivity index (χ3v) is 4.26. The first kappa shape index (κ1) is 15.6. The molecule has 1 rings (SSSR count). The molecule has 1 aromatic rings. The van der Waals surface area contributed by atoms with Crippen LogP contribution in [0.1, 0.15) is 24.9 Å². The molecule has 0 amide bonds. The Labute approximate surface area is 116 Å². The zero-order valence-corrected chi connectivity index (χ0v) is 12.8. The summed E-state index contributed by atoms with van der Waals surface area (Å²) in [4.78, 5) is 0. The highest BCUT2D eigenvalue weighted by atomic mass is 79.9. The van der Waals surface area contributed by atoms with Crippen molar-refractivity contribution in [3.05, 3.63) is 34.1 Å². The van der Waals surface area contributed by atoms with E-state index in [2.05, 4.69) is 21.2 Å². The Hall–Kier alpha value is -0.460. The van der Waals surface area contributed by atoms with Crippen LogP contribution in [0.25, 0.3) is 0 Å². The minimum atomic E-state index is -3.02. The van der Waals surface area contributed by atoms with Gasteiger partial charge in [-0.1, -0.05) is 22.9 Å². The Morgan fingerprint density at radius 2 is 2.11 bits per heavy atom. The molecule has 0 aliphatic rings. The van der Waals surface area contributed by atoms with Crippen molar-refractivity contribution in [2.75, 3.05) is 18.6 Å².